The first-order chi connectivity index (χ1) is 11.6. The largest absolute Gasteiger partial charge is 0.393 e. The maximum absolute atomic E-state index is 12.2. The molecule has 1 amide bonds. The topological polar surface area (TPSA) is 55.8 Å². The van der Waals surface area contributed by atoms with Gasteiger partial charge in [-0.15, -0.1) is 0 Å². The van der Waals surface area contributed by atoms with E-state index in [4.69, 9.17) is 0 Å². The molecule has 2 aliphatic rings. The van der Waals surface area contributed by atoms with E-state index in [-0.39, 0.29) is 12.0 Å². The Morgan fingerprint density at radius 2 is 1.92 bits per heavy atom. The molecule has 2 N–H and O–H groups in total. The summed E-state index contributed by atoms with van der Waals surface area (Å²) in [4.78, 5) is 16.6. The molecule has 0 bridgehead atoms. The highest BCUT2D eigenvalue weighted by molar-refractivity contribution is 5.92. The van der Waals surface area contributed by atoms with E-state index in [2.05, 4.69) is 22.3 Å². The minimum atomic E-state index is -0.200. The van der Waals surface area contributed by atoms with Crippen LogP contribution in [0.3, 0.4) is 0 Å². The van der Waals surface area contributed by atoms with E-state index in [1.165, 1.54) is 18.5 Å². The third-order valence-corrected chi connectivity index (χ3v) is 5.20. The van der Waals surface area contributed by atoms with E-state index in [9.17, 15) is 9.90 Å². The zero-order valence-electron chi connectivity index (χ0n) is 14.6. The zero-order valence-corrected chi connectivity index (χ0v) is 14.6. The van der Waals surface area contributed by atoms with Crippen molar-refractivity contribution < 1.29 is 9.90 Å². The van der Waals surface area contributed by atoms with Crippen LogP contribution in [0.5, 0.6) is 0 Å². The first-order valence-electron chi connectivity index (χ1n) is 9.13. The molecule has 1 saturated carbocycles. The van der Waals surface area contributed by atoms with Crippen molar-refractivity contribution in [1.29, 1.82) is 0 Å². The fraction of sp³-hybridized carbons (Fsp3) is 0.632. The number of amides is 1. The fourth-order valence-electron chi connectivity index (χ4n) is 3.87. The van der Waals surface area contributed by atoms with Gasteiger partial charge in [0.15, 0.2) is 0 Å². The zero-order chi connectivity index (χ0) is 16.9. The normalized spacial score (nSPS) is 23.9. The maximum Gasteiger partial charge on any atom is 0.238 e. The number of aliphatic hydroxyl groups excluding tert-OH is 1. The summed E-state index contributed by atoms with van der Waals surface area (Å²) >= 11 is 0. The average molecular weight is 331 g/mol. The van der Waals surface area contributed by atoms with Crippen LogP contribution < -0.4 is 10.2 Å². The van der Waals surface area contributed by atoms with E-state index in [1.54, 1.807) is 0 Å². The highest BCUT2D eigenvalue weighted by atomic mass is 16.3. The van der Waals surface area contributed by atoms with Crippen molar-refractivity contribution in [3.05, 3.63) is 24.3 Å². The van der Waals surface area contributed by atoms with Crippen LogP contribution in [-0.2, 0) is 4.79 Å². The van der Waals surface area contributed by atoms with Gasteiger partial charge in [-0.2, -0.15) is 0 Å². The molecule has 1 aliphatic heterocycles. The quantitative estimate of drug-likeness (QED) is 0.840. The molecule has 5 nitrogen and oxygen atoms in total. The van der Waals surface area contributed by atoms with Gasteiger partial charge in [0.1, 0.15) is 0 Å². The Balaban J connectivity index is 1.45. The second kappa shape index (κ2) is 7.99. The Labute approximate surface area is 144 Å². The molecule has 1 saturated heterocycles. The van der Waals surface area contributed by atoms with Gasteiger partial charge in [-0.05, 0) is 62.9 Å². The Hall–Kier alpha value is -1.59. The van der Waals surface area contributed by atoms with Crippen LogP contribution in [0.1, 0.15) is 32.1 Å². The summed E-state index contributed by atoms with van der Waals surface area (Å²) in [5.74, 6) is 0.307. The van der Waals surface area contributed by atoms with Gasteiger partial charge in [-0.1, -0.05) is 6.42 Å². The summed E-state index contributed by atoms with van der Waals surface area (Å²) in [7, 11) is 1.95. The fourth-order valence-corrected chi connectivity index (χ4v) is 3.87. The molecular formula is C19H29N3O2. The van der Waals surface area contributed by atoms with Crippen molar-refractivity contribution in [2.75, 3.05) is 43.4 Å². The average Bonchev–Trinajstić information content (AvgIpc) is 3.20. The van der Waals surface area contributed by atoms with Crippen LogP contribution in [0.25, 0.3) is 0 Å². The predicted octanol–water partition coefficient (Wildman–Crippen LogP) is 2.32. The first-order valence-corrected chi connectivity index (χ1v) is 9.13. The van der Waals surface area contributed by atoms with E-state index in [1.807, 2.05) is 24.1 Å². The van der Waals surface area contributed by atoms with Gasteiger partial charge < -0.3 is 15.3 Å². The minimum Gasteiger partial charge on any atom is -0.393 e. The molecule has 3 rings (SSSR count). The lowest BCUT2D eigenvalue weighted by Gasteiger charge is -2.22. The SMILES string of the molecule is CN(CC(=O)Nc1ccc(N2CCCC2)cc1)CC1CCCC1O. The molecule has 5 heteroatoms. The van der Waals surface area contributed by atoms with Gasteiger partial charge in [0.2, 0.25) is 5.91 Å². The molecule has 132 valence electrons. The molecule has 1 aliphatic carbocycles. The second-order valence-corrected chi connectivity index (χ2v) is 7.24. The van der Waals surface area contributed by atoms with Crippen LogP contribution >= 0.6 is 0 Å². The van der Waals surface area contributed by atoms with Gasteiger partial charge >= 0.3 is 0 Å². The third kappa shape index (κ3) is 4.48. The summed E-state index contributed by atoms with van der Waals surface area (Å²) in [5.41, 5.74) is 2.08. The molecule has 0 spiro atoms. The van der Waals surface area contributed by atoms with E-state index < -0.39 is 0 Å². The van der Waals surface area contributed by atoms with Gasteiger partial charge in [-0.3, -0.25) is 9.69 Å². The molecule has 0 aromatic heterocycles. The van der Waals surface area contributed by atoms with Crippen LogP contribution in [0.15, 0.2) is 24.3 Å². The molecule has 0 radical (unpaired) electrons. The Morgan fingerprint density at radius 1 is 1.21 bits per heavy atom. The lowest BCUT2D eigenvalue weighted by atomic mass is 10.1. The molecule has 1 heterocycles. The summed E-state index contributed by atoms with van der Waals surface area (Å²) in [6.45, 7) is 3.40. The molecule has 1 aromatic carbocycles. The van der Waals surface area contributed by atoms with Gasteiger partial charge in [-0.25, -0.2) is 0 Å². The van der Waals surface area contributed by atoms with Crippen molar-refractivity contribution >= 4 is 17.3 Å². The number of nitrogens with zero attached hydrogens (tertiary/aromatic N) is 2. The first kappa shape index (κ1) is 17.2. The Bertz CT molecular complexity index is 540. The van der Waals surface area contributed by atoms with Crippen molar-refractivity contribution in [2.45, 2.75) is 38.2 Å². The van der Waals surface area contributed by atoms with Crippen LogP contribution in [-0.4, -0.2) is 55.2 Å². The number of hydrogen-bond donors (Lipinski definition) is 2. The summed E-state index contributed by atoms with van der Waals surface area (Å²) in [6.07, 6.45) is 5.38. The molecule has 2 unspecified atom stereocenters. The van der Waals surface area contributed by atoms with Crippen LogP contribution in [0.2, 0.25) is 0 Å². The molecule has 2 fully saturated rings. The van der Waals surface area contributed by atoms with Crippen molar-refractivity contribution in [3.8, 4) is 0 Å². The Morgan fingerprint density at radius 3 is 2.54 bits per heavy atom. The number of aliphatic hydroxyl groups is 1. The van der Waals surface area contributed by atoms with E-state index in [0.29, 0.717) is 12.5 Å². The second-order valence-electron chi connectivity index (χ2n) is 7.24. The standard InChI is InChI=1S/C19H29N3O2/c1-21(13-15-5-4-6-18(15)23)14-19(24)20-16-7-9-17(10-8-16)22-11-2-3-12-22/h7-10,15,18,23H,2-6,11-14H2,1H3,(H,20,24). The number of anilines is 2. The van der Waals surface area contributed by atoms with Gasteiger partial charge in [0, 0.05) is 31.0 Å². The molecule has 24 heavy (non-hydrogen) atoms. The number of carbonyl (C=O) groups excluding carboxylic acids is 1. The van der Waals surface area contributed by atoms with Gasteiger partial charge in [0.25, 0.3) is 0 Å². The number of likely N-dealkylation sites (N-methyl/N-ethyl adjacent to an activating group) is 1. The number of hydrogen-bond acceptors (Lipinski definition) is 4. The number of rotatable bonds is 6. The smallest absolute Gasteiger partial charge is 0.238 e. The van der Waals surface area contributed by atoms with Crippen molar-refractivity contribution in [2.24, 2.45) is 5.92 Å². The summed E-state index contributed by atoms with van der Waals surface area (Å²) < 4.78 is 0. The molecule has 1 aromatic rings. The number of carbonyl (C=O) groups is 1. The van der Waals surface area contributed by atoms with Gasteiger partial charge in [0.05, 0.1) is 12.6 Å². The summed E-state index contributed by atoms with van der Waals surface area (Å²) in [6, 6.07) is 8.12. The Kier molecular flexibility index (Phi) is 5.74. The van der Waals surface area contributed by atoms with Crippen LogP contribution in [0.4, 0.5) is 11.4 Å². The molecule has 2 atom stereocenters. The predicted molar refractivity (Wildman–Crippen MR) is 97.4 cm³/mol. The maximum atomic E-state index is 12.2. The van der Waals surface area contributed by atoms with E-state index >= 15 is 0 Å². The summed E-state index contributed by atoms with van der Waals surface area (Å²) in [5, 5.41) is 12.9. The third-order valence-electron chi connectivity index (χ3n) is 5.20. The lowest BCUT2D eigenvalue weighted by Crippen LogP contribution is -2.35. The number of nitrogens with one attached hydrogen (secondary N) is 1. The van der Waals surface area contributed by atoms with Crippen LogP contribution in [0, 0.1) is 5.92 Å². The monoisotopic (exact) mass is 331 g/mol. The number of benzene rings is 1. The molecular weight excluding hydrogens is 302 g/mol. The minimum absolute atomic E-state index is 0.00101. The van der Waals surface area contributed by atoms with Crippen molar-refractivity contribution in [3.63, 3.8) is 0 Å². The highest BCUT2D eigenvalue weighted by Crippen LogP contribution is 2.26. The van der Waals surface area contributed by atoms with Crippen molar-refractivity contribution in [1.82, 2.24) is 4.90 Å². The highest BCUT2D eigenvalue weighted by Gasteiger charge is 2.26. The lowest BCUT2D eigenvalue weighted by molar-refractivity contribution is -0.117. The van der Waals surface area contributed by atoms with E-state index in [0.717, 1.165) is 44.6 Å².